The van der Waals surface area contributed by atoms with E-state index in [0.29, 0.717) is 12.1 Å². The average molecular weight is 267 g/mol. The van der Waals surface area contributed by atoms with E-state index >= 15 is 0 Å². The van der Waals surface area contributed by atoms with Gasteiger partial charge in [-0.3, -0.25) is 0 Å². The van der Waals surface area contributed by atoms with Gasteiger partial charge in [0.2, 0.25) is 0 Å². The molecule has 3 nitrogen and oxygen atoms in total. The predicted molar refractivity (Wildman–Crippen MR) is 79.2 cm³/mol. The molecular formula is C17H21N3. The van der Waals surface area contributed by atoms with Crippen molar-refractivity contribution < 1.29 is 0 Å². The first-order valence-electron chi connectivity index (χ1n) is 7.71. The molecule has 2 aromatic rings. The van der Waals surface area contributed by atoms with Crippen molar-refractivity contribution in [3.8, 4) is 0 Å². The van der Waals surface area contributed by atoms with Gasteiger partial charge < -0.3 is 9.88 Å². The summed E-state index contributed by atoms with van der Waals surface area (Å²) in [4.78, 5) is 4.32. The van der Waals surface area contributed by atoms with Crippen LogP contribution in [0.5, 0.6) is 0 Å². The molecule has 0 radical (unpaired) electrons. The van der Waals surface area contributed by atoms with Gasteiger partial charge in [0.15, 0.2) is 0 Å². The monoisotopic (exact) mass is 267 g/mol. The van der Waals surface area contributed by atoms with Crippen LogP contribution >= 0.6 is 0 Å². The maximum absolute atomic E-state index is 4.32. The van der Waals surface area contributed by atoms with Crippen LogP contribution in [-0.2, 0) is 6.54 Å². The van der Waals surface area contributed by atoms with E-state index in [0.717, 1.165) is 12.5 Å². The third kappa shape index (κ3) is 2.50. The van der Waals surface area contributed by atoms with Gasteiger partial charge in [0.05, 0.1) is 12.0 Å². The molecule has 2 saturated carbocycles. The lowest BCUT2D eigenvalue weighted by Crippen LogP contribution is -2.23. The fraction of sp³-hybridized carbons (Fsp3) is 0.471. The number of hydrogen-bond donors (Lipinski definition) is 1. The largest absolute Gasteiger partial charge is 0.330 e. The average Bonchev–Trinajstić information content (AvgIpc) is 3.41. The van der Waals surface area contributed by atoms with Crippen LogP contribution in [0, 0.1) is 5.92 Å². The molecule has 0 saturated heterocycles. The summed E-state index contributed by atoms with van der Waals surface area (Å²) in [5, 5.41) is 3.76. The van der Waals surface area contributed by atoms with Crippen molar-refractivity contribution in [3.05, 3.63) is 54.1 Å². The number of nitrogens with zero attached hydrogens (tertiary/aromatic N) is 2. The van der Waals surface area contributed by atoms with E-state index in [1.165, 1.54) is 36.9 Å². The maximum atomic E-state index is 4.32. The minimum absolute atomic E-state index is 0.499. The highest BCUT2D eigenvalue weighted by Gasteiger charge is 2.32. The molecule has 0 aliphatic heterocycles. The molecule has 0 spiro atoms. The normalized spacial score (nSPS) is 20.0. The van der Waals surface area contributed by atoms with Crippen LogP contribution in [0.25, 0.3) is 0 Å². The molecule has 0 bridgehead atoms. The molecule has 1 atom stereocenters. The summed E-state index contributed by atoms with van der Waals surface area (Å²) in [6.45, 7) is 0.923. The Hall–Kier alpha value is -1.61. The molecule has 20 heavy (non-hydrogen) atoms. The first kappa shape index (κ1) is 12.2. The highest BCUT2D eigenvalue weighted by atomic mass is 15.1. The number of nitrogens with one attached hydrogen (secondary N) is 1. The van der Waals surface area contributed by atoms with Crippen LogP contribution in [0.2, 0.25) is 0 Å². The second-order valence-electron chi connectivity index (χ2n) is 6.13. The van der Waals surface area contributed by atoms with Crippen LogP contribution in [0.1, 0.15) is 49.0 Å². The summed E-state index contributed by atoms with van der Waals surface area (Å²) < 4.78 is 2.35. The molecule has 1 unspecified atom stereocenters. The number of imidazole rings is 1. The van der Waals surface area contributed by atoms with Gasteiger partial charge in [0, 0.05) is 24.8 Å². The van der Waals surface area contributed by atoms with Crippen molar-refractivity contribution in [2.45, 2.75) is 44.3 Å². The Morgan fingerprint density at radius 2 is 1.95 bits per heavy atom. The molecule has 104 valence electrons. The zero-order chi connectivity index (χ0) is 13.4. The van der Waals surface area contributed by atoms with Crippen LogP contribution < -0.4 is 5.32 Å². The van der Waals surface area contributed by atoms with E-state index in [-0.39, 0.29) is 0 Å². The van der Waals surface area contributed by atoms with Crippen molar-refractivity contribution in [3.63, 3.8) is 0 Å². The second kappa shape index (κ2) is 5.06. The zero-order valence-electron chi connectivity index (χ0n) is 11.7. The summed E-state index contributed by atoms with van der Waals surface area (Å²) in [6, 6.07) is 12.1. The summed E-state index contributed by atoms with van der Waals surface area (Å²) in [6.07, 6.45) is 9.34. The number of benzene rings is 1. The third-order valence-corrected chi connectivity index (χ3v) is 4.44. The zero-order valence-corrected chi connectivity index (χ0v) is 11.7. The lowest BCUT2D eigenvalue weighted by Gasteiger charge is -2.19. The van der Waals surface area contributed by atoms with Gasteiger partial charge in [-0.05, 0) is 37.2 Å². The van der Waals surface area contributed by atoms with Crippen LogP contribution in [0.15, 0.2) is 42.9 Å². The SMILES string of the molecule is c1ccc(C(NCc2cncn2C2CC2)C2CC2)cc1. The Bertz CT molecular complexity index is 567. The quantitative estimate of drug-likeness (QED) is 0.868. The highest BCUT2D eigenvalue weighted by Crippen LogP contribution is 2.41. The molecule has 0 amide bonds. The Labute approximate surface area is 120 Å². The minimum atomic E-state index is 0.499. The number of rotatable bonds is 6. The van der Waals surface area contributed by atoms with Crippen molar-refractivity contribution in [1.82, 2.24) is 14.9 Å². The second-order valence-corrected chi connectivity index (χ2v) is 6.13. The van der Waals surface area contributed by atoms with Gasteiger partial charge in [-0.25, -0.2) is 4.98 Å². The van der Waals surface area contributed by atoms with E-state index in [9.17, 15) is 0 Å². The summed E-state index contributed by atoms with van der Waals surface area (Å²) in [7, 11) is 0. The fourth-order valence-electron chi connectivity index (χ4n) is 3.01. The van der Waals surface area contributed by atoms with Crippen molar-refractivity contribution in [2.75, 3.05) is 0 Å². The fourth-order valence-corrected chi connectivity index (χ4v) is 3.01. The van der Waals surface area contributed by atoms with Gasteiger partial charge in [0.1, 0.15) is 0 Å². The van der Waals surface area contributed by atoms with Gasteiger partial charge >= 0.3 is 0 Å². The van der Waals surface area contributed by atoms with E-state index in [4.69, 9.17) is 0 Å². The molecule has 2 aliphatic carbocycles. The first-order valence-corrected chi connectivity index (χ1v) is 7.71. The molecule has 1 heterocycles. The number of hydrogen-bond acceptors (Lipinski definition) is 2. The first-order chi connectivity index (χ1) is 9.92. The van der Waals surface area contributed by atoms with Gasteiger partial charge in [-0.15, -0.1) is 0 Å². The third-order valence-electron chi connectivity index (χ3n) is 4.44. The Balaban J connectivity index is 1.47. The van der Waals surface area contributed by atoms with Crippen LogP contribution in [0.4, 0.5) is 0 Å². The molecular weight excluding hydrogens is 246 g/mol. The summed E-state index contributed by atoms with van der Waals surface area (Å²) >= 11 is 0. The van der Waals surface area contributed by atoms with Gasteiger partial charge in [-0.2, -0.15) is 0 Å². The molecule has 2 aliphatic rings. The van der Waals surface area contributed by atoms with E-state index in [1.807, 2.05) is 12.5 Å². The minimum Gasteiger partial charge on any atom is -0.330 e. The smallest absolute Gasteiger partial charge is 0.0951 e. The lowest BCUT2D eigenvalue weighted by atomic mass is 10.0. The molecule has 1 N–H and O–H groups in total. The molecule has 1 aromatic heterocycles. The van der Waals surface area contributed by atoms with Crippen molar-refractivity contribution in [2.24, 2.45) is 5.92 Å². The van der Waals surface area contributed by atoms with Crippen LogP contribution in [-0.4, -0.2) is 9.55 Å². The van der Waals surface area contributed by atoms with Gasteiger partial charge in [0.25, 0.3) is 0 Å². The topological polar surface area (TPSA) is 29.9 Å². The Morgan fingerprint density at radius 3 is 2.65 bits per heavy atom. The standard InChI is InChI=1S/C17H21N3/c1-2-4-13(5-3-1)17(14-6-7-14)19-11-16-10-18-12-20(16)15-8-9-15/h1-5,10,12,14-15,17,19H,6-9,11H2. The predicted octanol–water partition coefficient (Wildman–Crippen LogP) is 3.46. The van der Waals surface area contributed by atoms with Crippen LogP contribution in [0.3, 0.4) is 0 Å². The van der Waals surface area contributed by atoms with E-state index < -0.39 is 0 Å². The summed E-state index contributed by atoms with van der Waals surface area (Å²) in [5.74, 6) is 0.815. The molecule has 1 aromatic carbocycles. The Kier molecular flexibility index (Phi) is 3.07. The highest BCUT2D eigenvalue weighted by molar-refractivity contribution is 5.21. The maximum Gasteiger partial charge on any atom is 0.0951 e. The summed E-state index contributed by atoms with van der Waals surface area (Å²) in [5.41, 5.74) is 2.75. The Morgan fingerprint density at radius 1 is 1.15 bits per heavy atom. The molecule has 4 rings (SSSR count). The van der Waals surface area contributed by atoms with Crippen molar-refractivity contribution >= 4 is 0 Å². The molecule has 3 heteroatoms. The van der Waals surface area contributed by atoms with E-state index in [2.05, 4.69) is 45.2 Å². The van der Waals surface area contributed by atoms with Crippen molar-refractivity contribution in [1.29, 1.82) is 0 Å². The molecule has 2 fully saturated rings. The van der Waals surface area contributed by atoms with Gasteiger partial charge in [-0.1, -0.05) is 30.3 Å². The number of aromatic nitrogens is 2. The lowest BCUT2D eigenvalue weighted by molar-refractivity contribution is 0.468. The van der Waals surface area contributed by atoms with E-state index in [1.54, 1.807) is 0 Å².